The Morgan fingerprint density at radius 1 is 1.17 bits per heavy atom. The Kier molecular flexibility index (Phi) is 4.23. The number of halogens is 3. The Hall–Kier alpha value is -1.08. The van der Waals surface area contributed by atoms with Crippen LogP contribution in [0.2, 0.25) is 10.0 Å². The second kappa shape index (κ2) is 5.71. The third-order valence-electron chi connectivity index (χ3n) is 2.43. The van der Waals surface area contributed by atoms with Gasteiger partial charge in [0.1, 0.15) is 5.69 Å². The molecule has 1 aromatic carbocycles. The summed E-state index contributed by atoms with van der Waals surface area (Å²) in [7, 11) is 0. The van der Waals surface area contributed by atoms with E-state index in [1.54, 1.807) is 30.5 Å². The van der Waals surface area contributed by atoms with Gasteiger partial charge in [-0.15, -0.1) is 0 Å². The van der Waals surface area contributed by atoms with Gasteiger partial charge in [0, 0.05) is 10.7 Å². The second-order valence-corrected chi connectivity index (χ2v) is 5.30. The predicted molar refractivity (Wildman–Crippen MR) is 76.8 cm³/mol. The van der Waals surface area contributed by atoms with E-state index in [0.29, 0.717) is 21.3 Å². The van der Waals surface area contributed by atoms with E-state index in [4.69, 9.17) is 29.8 Å². The van der Waals surface area contributed by atoms with E-state index in [9.17, 15) is 0 Å². The van der Waals surface area contributed by atoms with Gasteiger partial charge in [-0.2, -0.15) is 0 Å². The number of pyridine rings is 1. The lowest BCUT2D eigenvalue weighted by Gasteiger charge is -2.09. The van der Waals surface area contributed by atoms with Crippen molar-refractivity contribution in [3.05, 3.63) is 73.7 Å². The Morgan fingerprint density at radius 3 is 2.33 bits per heavy atom. The normalized spacial score (nSPS) is 11.9. The van der Waals surface area contributed by atoms with Crippen molar-refractivity contribution in [3.63, 3.8) is 0 Å². The largest absolute Gasteiger partial charge is 0.301 e. The third-order valence-corrected chi connectivity index (χ3v) is 3.56. The lowest BCUT2D eigenvalue weighted by atomic mass is 10.0. The molecule has 0 spiro atoms. The fourth-order valence-corrected chi connectivity index (χ4v) is 2.44. The van der Waals surface area contributed by atoms with Gasteiger partial charge < -0.3 is 4.85 Å². The molecule has 2 rings (SSSR count). The maximum atomic E-state index is 7.34. The van der Waals surface area contributed by atoms with Gasteiger partial charge in [0.25, 0.3) is 6.04 Å². The highest BCUT2D eigenvalue weighted by molar-refractivity contribution is 9.10. The van der Waals surface area contributed by atoms with Gasteiger partial charge in [0.05, 0.1) is 15.6 Å². The fraction of sp³-hybridized carbons (Fsp3) is 0.0769. The van der Waals surface area contributed by atoms with Crippen molar-refractivity contribution in [2.75, 3.05) is 0 Å². The van der Waals surface area contributed by atoms with Crippen molar-refractivity contribution >= 4 is 39.1 Å². The summed E-state index contributed by atoms with van der Waals surface area (Å²) in [6, 6.07) is 8.24. The van der Waals surface area contributed by atoms with Crippen LogP contribution >= 0.6 is 39.1 Å². The first-order chi connectivity index (χ1) is 8.63. The predicted octanol–water partition coefficient (Wildman–Crippen LogP) is 5.16. The van der Waals surface area contributed by atoms with Gasteiger partial charge in [0.15, 0.2) is 0 Å². The van der Waals surface area contributed by atoms with Gasteiger partial charge in [-0.3, -0.25) is 4.98 Å². The molecular formula is C13H7BrCl2N2. The highest BCUT2D eigenvalue weighted by atomic mass is 79.9. The molecule has 18 heavy (non-hydrogen) atoms. The summed E-state index contributed by atoms with van der Waals surface area (Å²) >= 11 is 15.5. The Morgan fingerprint density at radius 2 is 1.83 bits per heavy atom. The molecule has 1 heterocycles. The molecule has 0 aliphatic carbocycles. The Balaban J connectivity index is 2.53. The van der Waals surface area contributed by atoms with Crippen molar-refractivity contribution in [3.8, 4) is 0 Å². The van der Waals surface area contributed by atoms with Crippen LogP contribution in [0, 0.1) is 6.57 Å². The molecule has 0 bridgehead atoms. The first-order valence-electron chi connectivity index (χ1n) is 5.05. The van der Waals surface area contributed by atoms with E-state index in [1.165, 1.54) is 0 Å². The number of nitrogens with zero attached hydrogens (tertiary/aromatic N) is 2. The third kappa shape index (κ3) is 2.67. The summed E-state index contributed by atoms with van der Waals surface area (Å²) < 4.78 is 0.861. The van der Waals surface area contributed by atoms with Crippen molar-refractivity contribution in [1.29, 1.82) is 0 Å². The molecule has 2 aromatic rings. The van der Waals surface area contributed by atoms with E-state index in [1.807, 2.05) is 6.07 Å². The highest BCUT2D eigenvalue weighted by Crippen LogP contribution is 2.35. The summed E-state index contributed by atoms with van der Waals surface area (Å²) in [6.45, 7) is 7.34. The van der Waals surface area contributed by atoms with Crippen LogP contribution in [0.15, 0.2) is 41.0 Å². The molecule has 1 aromatic heterocycles. The van der Waals surface area contributed by atoms with Gasteiger partial charge in [-0.05, 0) is 40.2 Å². The van der Waals surface area contributed by atoms with Gasteiger partial charge in [0.2, 0.25) is 0 Å². The molecule has 0 N–H and O–H groups in total. The van der Waals surface area contributed by atoms with Crippen molar-refractivity contribution in [2.45, 2.75) is 6.04 Å². The van der Waals surface area contributed by atoms with Crippen LogP contribution < -0.4 is 0 Å². The average molecular weight is 342 g/mol. The molecule has 5 heteroatoms. The van der Waals surface area contributed by atoms with Crippen molar-refractivity contribution < 1.29 is 0 Å². The van der Waals surface area contributed by atoms with Crippen LogP contribution in [0.5, 0.6) is 0 Å². The first kappa shape index (κ1) is 13.4. The topological polar surface area (TPSA) is 17.2 Å². The van der Waals surface area contributed by atoms with Crippen LogP contribution in [0.4, 0.5) is 0 Å². The standard InChI is InChI=1S/C13H7BrCl2N2/c1-17-13(11-6-5-8(14)7-18-11)12-9(15)3-2-4-10(12)16/h2-7,13H. The lowest BCUT2D eigenvalue weighted by molar-refractivity contribution is 0.948. The number of hydrogen-bond donors (Lipinski definition) is 0. The van der Waals surface area contributed by atoms with E-state index >= 15 is 0 Å². The molecule has 1 unspecified atom stereocenters. The minimum Gasteiger partial charge on any atom is -0.301 e. The zero-order valence-corrected chi connectivity index (χ0v) is 12.2. The molecule has 2 nitrogen and oxygen atoms in total. The number of aromatic nitrogens is 1. The van der Waals surface area contributed by atoms with Gasteiger partial charge >= 0.3 is 0 Å². The summed E-state index contributed by atoms with van der Waals surface area (Å²) in [5.41, 5.74) is 1.23. The minimum absolute atomic E-state index is 0.480. The number of benzene rings is 1. The summed E-state index contributed by atoms with van der Waals surface area (Å²) in [6.07, 6.45) is 1.65. The molecule has 0 saturated heterocycles. The first-order valence-corrected chi connectivity index (χ1v) is 6.60. The number of hydrogen-bond acceptors (Lipinski definition) is 1. The van der Waals surface area contributed by atoms with E-state index in [0.717, 1.165) is 4.47 Å². The maximum Gasteiger partial charge on any atom is 0.293 e. The van der Waals surface area contributed by atoms with E-state index in [2.05, 4.69) is 25.8 Å². The molecule has 0 fully saturated rings. The average Bonchev–Trinajstić information content (AvgIpc) is 2.35. The number of rotatable bonds is 2. The molecule has 0 aliphatic rings. The maximum absolute atomic E-state index is 7.34. The molecule has 1 atom stereocenters. The van der Waals surface area contributed by atoms with Crippen LogP contribution in [-0.4, -0.2) is 4.98 Å². The Bertz CT molecular complexity index is 585. The van der Waals surface area contributed by atoms with Gasteiger partial charge in [-0.1, -0.05) is 29.3 Å². The molecule has 0 saturated carbocycles. The van der Waals surface area contributed by atoms with Crippen LogP contribution in [-0.2, 0) is 0 Å². The summed E-state index contributed by atoms with van der Waals surface area (Å²) in [5, 5.41) is 0.960. The monoisotopic (exact) mass is 340 g/mol. The lowest BCUT2D eigenvalue weighted by Crippen LogP contribution is -2.00. The molecule has 0 aliphatic heterocycles. The molecular weight excluding hydrogens is 335 g/mol. The molecule has 0 amide bonds. The van der Waals surface area contributed by atoms with Crippen LogP contribution in [0.25, 0.3) is 4.85 Å². The highest BCUT2D eigenvalue weighted by Gasteiger charge is 2.25. The van der Waals surface area contributed by atoms with Crippen LogP contribution in [0.3, 0.4) is 0 Å². The van der Waals surface area contributed by atoms with Crippen molar-refractivity contribution in [2.24, 2.45) is 0 Å². The van der Waals surface area contributed by atoms with E-state index < -0.39 is 6.04 Å². The molecule has 0 radical (unpaired) electrons. The second-order valence-electron chi connectivity index (χ2n) is 3.57. The van der Waals surface area contributed by atoms with Crippen molar-refractivity contribution in [1.82, 2.24) is 4.98 Å². The van der Waals surface area contributed by atoms with Crippen LogP contribution in [0.1, 0.15) is 17.3 Å². The SMILES string of the molecule is [C-]#[N+]C(c1ccc(Br)cn1)c1c(Cl)cccc1Cl. The Labute approximate surface area is 124 Å². The quantitative estimate of drug-likeness (QED) is 0.689. The minimum atomic E-state index is -0.584. The van der Waals surface area contributed by atoms with Gasteiger partial charge in [-0.25, -0.2) is 6.57 Å². The zero-order chi connectivity index (χ0) is 13.1. The van der Waals surface area contributed by atoms with E-state index in [-0.39, 0.29) is 0 Å². The smallest absolute Gasteiger partial charge is 0.293 e. The zero-order valence-electron chi connectivity index (χ0n) is 9.07. The molecule has 90 valence electrons. The summed E-state index contributed by atoms with van der Waals surface area (Å²) in [4.78, 5) is 7.81. The summed E-state index contributed by atoms with van der Waals surface area (Å²) in [5.74, 6) is 0. The fourth-order valence-electron chi connectivity index (χ4n) is 1.60.